The topological polar surface area (TPSA) is 71.1 Å². The van der Waals surface area contributed by atoms with E-state index in [2.05, 4.69) is 24.1 Å². The monoisotopic (exact) mass is 493 g/mol. The zero-order valence-electron chi connectivity index (χ0n) is 22.0. The van der Waals surface area contributed by atoms with E-state index >= 15 is 0 Å². The lowest BCUT2D eigenvalue weighted by molar-refractivity contribution is -0.124. The minimum atomic E-state index is -0.488. The summed E-state index contributed by atoms with van der Waals surface area (Å²) < 4.78 is 11.1. The summed E-state index contributed by atoms with van der Waals surface area (Å²) in [7, 11) is 3.23. The molecular formula is C29H39N3O4. The highest BCUT2D eigenvalue weighted by Crippen LogP contribution is 2.48. The number of carbonyl (C=O) groups is 2. The molecular weight excluding hydrogens is 454 g/mol. The first-order valence-electron chi connectivity index (χ1n) is 13.2. The molecule has 0 unspecified atom stereocenters. The number of unbranched alkanes of at least 4 members (excludes halogenated alkanes) is 1. The number of nitrogens with one attached hydrogen (secondary N) is 1. The molecule has 0 radical (unpaired) electrons. The van der Waals surface area contributed by atoms with Crippen LogP contribution in [0.2, 0.25) is 0 Å². The minimum Gasteiger partial charge on any atom is -0.493 e. The van der Waals surface area contributed by atoms with E-state index in [1.54, 1.807) is 14.2 Å². The molecule has 4 rings (SSSR count). The molecule has 0 fully saturated rings. The number of carbonyl (C=O) groups excluding carboxylic acids is 2. The number of benzene rings is 2. The van der Waals surface area contributed by atoms with Crippen molar-refractivity contribution in [2.45, 2.75) is 51.5 Å². The fourth-order valence-corrected chi connectivity index (χ4v) is 5.57. The second-order valence-corrected chi connectivity index (χ2v) is 9.60. The Morgan fingerprint density at radius 3 is 2.50 bits per heavy atom. The average Bonchev–Trinajstić information content (AvgIpc) is 2.91. The molecule has 7 nitrogen and oxygen atoms in total. The van der Waals surface area contributed by atoms with Crippen LogP contribution in [0.4, 0.5) is 0 Å². The van der Waals surface area contributed by atoms with Crippen LogP contribution < -0.4 is 14.8 Å². The van der Waals surface area contributed by atoms with E-state index in [1.165, 1.54) is 12.8 Å². The quantitative estimate of drug-likeness (QED) is 0.476. The van der Waals surface area contributed by atoms with Crippen molar-refractivity contribution in [1.82, 2.24) is 15.1 Å². The van der Waals surface area contributed by atoms with E-state index in [1.807, 2.05) is 41.3 Å². The Kier molecular flexibility index (Phi) is 8.52. The van der Waals surface area contributed by atoms with Gasteiger partial charge in [-0.05, 0) is 73.8 Å². The highest BCUT2D eigenvalue weighted by Gasteiger charge is 2.46. The largest absolute Gasteiger partial charge is 0.493 e. The smallest absolute Gasteiger partial charge is 0.254 e. The molecule has 0 saturated heterocycles. The zero-order chi connectivity index (χ0) is 25.7. The molecule has 36 heavy (non-hydrogen) atoms. The summed E-state index contributed by atoms with van der Waals surface area (Å²) in [6.07, 6.45) is 3.98. The standard InChI is InChI=1S/C29H39N3O4/c1-5-7-15-31(6-2)16-10-14-30-28(33)26-21-11-8-9-12-22(21)29(34)32-17-13-20-18-24(35-3)25(36-4)19-23(20)27(26)32/h8-9,11-12,18-19,26-27H,5-7,10,13-17H2,1-4H3,(H,30,33)/t26-,27-/m0/s1. The second-order valence-electron chi connectivity index (χ2n) is 9.60. The van der Waals surface area contributed by atoms with Gasteiger partial charge in [-0.15, -0.1) is 0 Å². The van der Waals surface area contributed by atoms with Gasteiger partial charge in [0.2, 0.25) is 5.91 Å². The molecule has 0 aromatic heterocycles. The molecule has 0 spiro atoms. The third kappa shape index (κ3) is 5.07. The molecule has 1 N–H and O–H groups in total. The van der Waals surface area contributed by atoms with Crippen molar-refractivity contribution < 1.29 is 19.1 Å². The number of rotatable bonds is 11. The lowest BCUT2D eigenvalue weighted by Gasteiger charge is -2.45. The van der Waals surface area contributed by atoms with Crippen molar-refractivity contribution in [3.05, 3.63) is 58.7 Å². The van der Waals surface area contributed by atoms with E-state index in [4.69, 9.17) is 9.47 Å². The first kappa shape index (κ1) is 26.0. The number of hydrogen-bond donors (Lipinski definition) is 1. The highest BCUT2D eigenvalue weighted by atomic mass is 16.5. The maximum Gasteiger partial charge on any atom is 0.254 e. The van der Waals surface area contributed by atoms with Crippen LogP contribution in [0.15, 0.2) is 36.4 Å². The number of nitrogens with zero attached hydrogens (tertiary/aromatic N) is 2. The molecule has 2 aliphatic heterocycles. The molecule has 2 atom stereocenters. The maximum atomic E-state index is 13.8. The lowest BCUT2D eigenvalue weighted by Crippen LogP contribution is -2.50. The third-order valence-corrected chi connectivity index (χ3v) is 7.53. The van der Waals surface area contributed by atoms with E-state index in [0.29, 0.717) is 36.6 Å². The van der Waals surface area contributed by atoms with Gasteiger partial charge in [-0.2, -0.15) is 0 Å². The van der Waals surface area contributed by atoms with E-state index in [-0.39, 0.29) is 17.9 Å². The number of amides is 2. The van der Waals surface area contributed by atoms with Gasteiger partial charge in [-0.3, -0.25) is 9.59 Å². The van der Waals surface area contributed by atoms with Crippen LogP contribution in [-0.4, -0.2) is 68.6 Å². The number of hydrogen-bond acceptors (Lipinski definition) is 5. The van der Waals surface area contributed by atoms with Gasteiger partial charge in [-0.25, -0.2) is 0 Å². The van der Waals surface area contributed by atoms with Crippen LogP contribution in [0.25, 0.3) is 0 Å². The first-order valence-corrected chi connectivity index (χ1v) is 13.2. The molecule has 194 valence electrons. The third-order valence-electron chi connectivity index (χ3n) is 7.53. The van der Waals surface area contributed by atoms with Crippen LogP contribution in [0, 0.1) is 0 Å². The van der Waals surface area contributed by atoms with Gasteiger partial charge in [0.25, 0.3) is 5.91 Å². The summed E-state index contributed by atoms with van der Waals surface area (Å²) in [6.45, 7) is 8.64. The molecule has 2 amide bonds. The minimum absolute atomic E-state index is 0.0189. The molecule has 2 heterocycles. The Hall–Kier alpha value is -3.06. The fourth-order valence-electron chi connectivity index (χ4n) is 5.57. The predicted octanol–water partition coefficient (Wildman–Crippen LogP) is 4.17. The zero-order valence-corrected chi connectivity index (χ0v) is 22.0. The van der Waals surface area contributed by atoms with Crippen LogP contribution in [0.1, 0.15) is 72.1 Å². The van der Waals surface area contributed by atoms with Crippen molar-refractivity contribution >= 4 is 11.8 Å². The number of ether oxygens (including phenoxy) is 2. The molecule has 0 bridgehead atoms. The Bertz CT molecular complexity index is 1090. The molecule has 7 heteroatoms. The van der Waals surface area contributed by atoms with Gasteiger partial charge in [0.15, 0.2) is 11.5 Å². The van der Waals surface area contributed by atoms with Crippen LogP contribution in [-0.2, 0) is 11.2 Å². The van der Waals surface area contributed by atoms with Crippen molar-refractivity contribution in [2.24, 2.45) is 0 Å². The Morgan fingerprint density at radius 2 is 1.78 bits per heavy atom. The molecule has 2 aromatic rings. The summed E-state index contributed by atoms with van der Waals surface area (Å²) in [5, 5.41) is 3.20. The van der Waals surface area contributed by atoms with Gasteiger partial charge in [0.1, 0.15) is 0 Å². The fraction of sp³-hybridized carbons (Fsp3) is 0.517. The molecule has 2 aromatic carbocycles. The van der Waals surface area contributed by atoms with Crippen LogP contribution >= 0.6 is 0 Å². The maximum absolute atomic E-state index is 13.8. The SMILES string of the molecule is CCCCN(CC)CCCNC(=O)[C@H]1c2ccccc2C(=O)N2CCc3cc(OC)c(OC)cc3[C@@H]12. The summed E-state index contributed by atoms with van der Waals surface area (Å²) in [6, 6.07) is 11.1. The Labute approximate surface area is 214 Å². The van der Waals surface area contributed by atoms with Gasteiger partial charge in [0.05, 0.1) is 26.2 Å². The molecule has 0 saturated carbocycles. The summed E-state index contributed by atoms with van der Waals surface area (Å²) in [4.78, 5) is 31.6. The van der Waals surface area contributed by atoms with Gasteiger partial charge in [0, 0.05) is 18.7 Å². The summed E-state index contributed by atoms with van der Waals surface area (Å²) >= 11 is 0. The molecule has 0 aliphatic carbocycles. The summed E-state index contributed by atoms with van der Waals surface area (Å²) in [5.41, 5.74) is 3.46. The van der Waals surface area contributed by atoms with Crippen molar-refractivity contribution in [1.29, 1.82) is 0 Å². The van der Waals surface area contributed by atoms with Gasteiger partial charge < -0.3 is 24.6 Å². The lowest BCUT2D eigenvalue weighted by atomic mass is 9.75. The van der Waals surface area contributed by atoms with E-state index < -0.39 is 5.92 Å². The Balaban J connectivity index is 1.62. The van der Waals surface area contributed by atoms with Gasteiger partial charge >= 0.3 is 0 Å². The highest BCUT2D eigenvalue weighted by molar-refractivity contribution is 6.01. The van der Waals surface area contributed by atoms with Gasteiger partial charge in [-0.1, -0.05) is 38.5 Å². The predicted molar refractivity (Wildman–Crippen MR) is 141 cm³/mol. The number of fused-ring (bicyclic) bond motifs is 4. The normalized spacial score (nSPS) is 18.4. The summed E-state index contributed by atoms with van der Waals surface area (Å²) in [5.74, 6) is 0.726. The van der Waals surface area contributed by atoms with Crippen LogP contribution in [0.5, 0.6) is 11.5 Å². The molecule has 2 aliphatic rings. The average molecular weight is 494 g/mol. The van der Waals surface area contributed by atoms with E-state index in [9.17, 15) is 9.59 Å². The van der Waals surface area contributed by atoms with E-state index in [0.717, 1.165) is 42.7 Å². The number of methoxy groups -OCH3 is 2. The second kappa shape index (κ2) is 11.8. The van der Waals surface area contributed by atoms with Crippen LogP contribution in [0.3, 0.4) is 0 Å². The van der Waals surface area contributed by atoms with Crippen molar-refractivity contribution in [3.63, 3.8) is 0 Å². The first-order chi connectivity index (χ1) is 17.5. The van der Waals surface area contributed by atoms with Crippen molar-refractivity contribution in [3.8, 4) is 11.5 Å². The Morgan fingerprint density at radius 1 is 1.06 bits per heavy atom. The van der Waals surface area contributed by atoms with Crippen molar-refractivity contribution in [2.75, 3.05) is 46.9 Å².